The number of hydrogen-bond acceptors (Lipinski definition) is 7. The van der Waals surface area contributed by atoms with E-state index in [2.05, 4.69) is 39.5 Å². The van der Waals surface area contributed by atoms with Crippen molar-refractivity contribution in [3.8, 4) is 0 Å². The van der Waals surface area contributed by atoms with Gasteiger partial charge in [-0.25, -0.2) is 20.8 Å². The van der Waals surface area contributed by atoms with Crippen molar-refractivity contribution >= 4 is 23.0 Å². The molecule has 0 radical (unpaired) electrons. The van der Waals surface area contributed by atoms with Crippen LogP contribution in [-0.4, -0.2) is 15.0 Å². The number of nitrogens with one attached hydrogen (secondary N) is 2. The van der Waals surface area contributed by atoms with Gasteiger partial charge in [-0.3, -0.25) is 0 Å². The molecule has 0 amide bonds. The predicted octanol–water partition coefficient (Wildman–Crippen LogP) is 2.44. The van der Waals surface area contributed by atoms with Crippen molar-refractivity contribution in [3.05, 3.63) is 28.0 Å². The van der Waals surface area contributed by atoms with Gasteiger partial charge in [0, 0.05) is 23.6 Å². The van der Waals surface area contributed by atoms with E-state index in [9.17, 15) is 0 Å². The van der Waals surface area contributed by atoms with Crippen molar-refractivity contribution in [2.24, 2.45) is 5.84 Å². The Balaban J connectivity index is 2.38. The Morgan fingerprint density at radius 1 is 1.30 bits per heavy atom. The van der Waals surface area contributed by atoms with E-state index in [1.165, 1.54) is 0 Å². The van der Waals surface area contributed by atoms with Gasteiger partial charge in [-0.05, 0) is 20.8 Å². The fourth-order valence-electron chi connectivity index (χ4n) is 1.86. The molecule has 0 aliphatic rings. The average molecular weight is 292 g/mol. The first kappa shape index (κ1) is 14.7. The van der Waals surface area contributed by atoms with Crippen molar-refractivity contribution in [2.75, 3.05) is 10.7 Å². The molecule has 2 aromatic rings. The molecule has 0 bridgehead atoms. The topological polar surface area (TPSA) is 88.8 Å². The molecule has 108 valence electrons. The summed E-state index contributed by atoms with van der Waals surface area (Å²) in [4.78, 5) is 13.3. The molecule has 0 aliphatic heterocycles. The van der Waals surface area contributed by atoms with E-state index in [1.807, 2.05) is 19.2 Å². The van der Waals surface area contributed by atoms with Gasteiger partial charge in [0.2, 0.25) is 0 Å². The predicted molar refractivity (Wildman–Crippen MR) is 82.7 cm³/mol. The number of aryl methyl sites for hydroxylation is 1. The first-order chi connectivity index (χ1) is 9.47. The van der Waals surface area contributed by atoms with Gasteiger partial charge in [-0.2, -0.15) is 0 Å². The van der Waals surface area contributed by atoms with Crippen LogP contribution in [0.1, 0.15) is 37.2 Å². The lowest BCUT2D eigenvalue weighted by molar-refractivity contribution is 0.599. The van der Waals surface area contributed by atoms with Crippen molar-refractivity contribution in [2.45, 2.75) is 39.7 Å². The van der Waals surface area contributed by atoms with Gasteiger partial charge >= 0.3 is 0 Å². The summed E-state index contributed by atoms with van der Waals surface area (Å²) in [5.41, 5.74) is 3.22. The number of nitrogen functional groups attached to an aromatic ring is 1. The van der Waals surface area contributed by atoms with E-state index in [0.717, 1.165) is 28.6 Å². The Hall–Kier alpha value is -1.73. The van der Waals surface area contributed by atoms with Crippen LogP contribution in [0.25, 0.3) is 0 Å². The van der Waals surface area contributed by atoms with Gasteiger partial charge in [0.15, 0.2) is 0 Å². The second-order valence-corrected chi connectivity index (χ2v) is 5.94. The number of hydrazine groups is 1. The number of aromatic nitrogens is 3. The highest BCUT2D eigenvalue weighted by Crippen LogP contribution is 2.29. The van der Waals surface area contributed by atoms with Gasteiger partial charge in [-0.15, -0.1) is 11.3 Å². The summed E-state index contributed by atoms with van der Waals surface area (Å²) in [6, 6.07) is 0. The summed E-state index contributed by atoms with van der Waals surface area (Å²) < 4.78 is 0. The normalized spacial score (nSPS) is 11.4. The van der Waals surface area contributed by atoms with E-state index in [4.69, 9.17) is 5.84 Å². The zero-order valence-electron chi connectivity index (χ0n) is 12.2. The molecule has 0 spiro atoms. The van der Waals surface area contributed by atoms with Crippen LogP contribution >= 0.6 is 11.3 Å². The third kappa shape index (κ3) is 2.88. The number of thiazole rings is 1. The molecule has 0 unspecified atom stereocenters. The van der Waals surface area contributed by atoms with Crippen LogP contribution in [0.3, 0.4) is 0 Å². The zero-order valence-corrected chi connectivity index (χ0v) is 13.0. The molecule has 0 saturated heterocycles. The van der Waals surface area contributed by atoms with E-state index < -0.39 is 0 Å². The first-order valence-electron chi connectivity index (χ1n) is 6.50. The lowest BCUT2D eigenvalue weighted by Crippen LogP contribution is -2.29. The van der Waals surface area contributed by atoms with Crippen LogP contribution in [0.4, 0.5) is 11.6 Å². The minimum absolute atomic E-state index is 0.301. The van der Waals surface area contributed by atoms with Gasteiger partial charge in [0.05, 0.1) is 5.54 Å². The van der Waals surface area contributed by atoms with Crippen molar-refractivity contribution < 1.29 is 0 Å². The second-order valence-electron chi connectivity index (χ2n) is 5.05. The van der Waals surface area contributed by atoms with Crippen molar-refractivity contribution in [1.29, 1.82) is 0 Å². The molecule has 2 rings (SSSR count). The zero-order chi connectivity index (χ0) is 14.8. The molecule has 0 aromatic carbocycles. The Kier molecular flexibility index (Phi) is 4.20. The Morgan fingerprint density at radius 3 is 2.55 bits per heavy atom. The van der Waals surface area contributed by atoms with Gasteiger partial charge < -0.3 is 10.7 Å². The summed E-state index contributed by atoms with van der Waals surface area (Å²) in [6.07, 6.45) is 2.56. The molecule has 0 saturated carbocycles. The molecular weight excluding hydrogens is 272 g/mol. The van der Waals surface area contributed by atoms with Crippen LogP contribution in [-0.2, 0) is 12.0 Å². The molecule has 7 heteroatoms. The number of hydrogen-bond donors (Lipinski definition) is 3. The van der Waals surface area contributed by atoms with E-state index in [1.54, 1.807) is 17.5 Å². The van der Waals surface area contributed by atoms with Gasteiger partial charge in [-0.1, -0.05) is 6.92 Å². The standard InChI is InChI=1S/C13H20N6S/c1-5-9-16-10(8(2)11(17-9)19-14)18-13(3,4)12-15-6-7-20-12/h6-7H,5,14H2,1-4H3,(H2,16,17,18,19). The highest BCUT2D eigenvalue weighted by Gasteiger charge is 2.25. The number of rotatable bonds is 5. The monoisotopic (exact) mass is 292 g/mol. The molecule has 0 fully saturated rings. The Morgan fingerprint density at radius 2 is 2.00 bits per heavy atom. The molecule has 4 N–H and O–H groups in total. The smallest absolute Gasteiger partial charge is 0.148 e. The third-order valence-corrected chi connectivity index (χ3v) is 4.14. The van der Waals surface area contributed by atoms with Gasteiger partial charge in [0.25, 0.3) is 0 Å². The van der Waals surface area contributed by atoms with Crippen LogP contribution < -0.4 is 16.6 Å². The molecule has 2 heterocycles. The Labute approximate surface area is 122 Å². The van der Waals surface area contributed by atoms with E-state index in [-0.39, 0.29) is 5.54 Å². The maximum absolute atomic E-state index is 5.52. The fourth-order valence-corrected chi connectivity index (χ4v) is 2.58. The largest absolute Gasteiger partial charge is 0.358 e. The van der Waals surface area contributed by atoms with E-state index >= 15 is 0 Å². The second kappa shape index (κ2) is 5.72. The summed E-state index contributed by atoms with van der Waals surface area (Å²) in [6.45, 7) is 8.11. The highest BCUT2D eigenvalue weighted by molar-refractivity contribution is 7.09. The summed E-state index contributed by atoms with van der Waals surface area (Å²) in [5, 5.41) is 6.42. The maximum Gasteiger partial charge on any atom is 0.148 e. The number of anilines is 2. The fraction of sp³-hybridized carbons (Fsp3) is 0.462. The molecule has 6 nitrogen and oxygen atoms in total. The average Bonchev–Trinajstić information content (AvgIpc) is 2.95. The molecule has 20 heavy (non-hydrogen) atoms. The van der Waals surface area contributed by atoms with Gasteiger partial charge in [0.1, 0.15) is 22.5 Å². The first-order valence-corrected chi connectivity index (χ1v) is 7.38. The van der Waals surface area contributed by atoms with Crippen molar-refractivity contribution in [3.63, 3.8) is 0 Å². The minimum Gasteiger partial charge on any atom is -0.358 e. The van der Waals surface area contributed by atoms with Crippen LogP contribution in [0.5, 0.6) is 0 Å². The highest BCUT2D eigenvalue weighted by atomic mass is 32.1. The summed E-state index contributed by atoms with van der Waals surface area (Å²) in [7, 11) is 0. The lowest BCUT2D eigenvalue weighted by atomic mass is 10.1. The van der Waals surface area contributed by atoms with Crippen LogP contribution in [0, 0.1) is 6.92 Å². The molecule has 0 aliphatic carbocycles. The lowest BCUT2D eigenvalue weighted by Gasteiger charge is -2.26. The molecular formula is C13H20N6S. The number of nitrogens with two attached hydrogens (primary N) is 1. The van der Waals surface area contributed by atoms with Crippen LogP contribution in [0.2, 0.25) is 0 Å². The SMILES string of the molecule is CCc1nc(NN)c(C)c(NC(C)(C)c2nccs2)n1. The Bertz CT molecular complexity index is 579. The molecule has 2 aromatic heterocycles. The molecule has 0 atom stereocenters. The third-order valence-electron chi connectivity index (χ3n) is 3.04. The van der Waals surface area contributed by atoms with Crippen molar-refractivity contribution in [1.82, 2.24) is 15.0 Å². The summed E-state index contributed by atoms with van der Waals surface area (Å²) in [5.74, 6) is 7.70. The maximum atomic E-state index is 5.52. The van der Waals surface area contributed by atoms with Crippen LogP contribution in [0.15, 0.2) is 11.6 Å². The number of nitrogens with zero attached hydrogens (tertiary/aromatic N) is 3. The van der Waals surface area contributed by atoms with E-state index in [0.29, 0.717) is 5.82 Å². The quantitative estimate of drug-likeness (QED) is 0.579. The summed E-state index contributed by atoms with van der Waals surface area (Å²) >= 11 is 1.62. The minimum atomic E-state index is -0.301.